The van der Waals surface area contributed by atoms with Crippen LogP contribution in [-0.2, 0) is 16.1 Å². The van der Waals surface area contributed by atoms with Gasteiger partial charge in [0, 0.05) is 17.1 Å². The zero-order valence-electron chi connectivity index (χ0n) is 17.6. The molecule has 1 fully saturated rings. The maximum atomic E-state index is 13.1. The summed E-state index contributed by atoms with van der Waals surface area (Å²) in [6.07, 6.45) is 4.31. The molecule has 0 spiro atoms. The SMILES string of the molecule is Cc1cc(OCC(=O)N(Cc2ccccc2)C(C)C(=O)NC2CCCC2)ccc1Br. The number of nitrogens with one attached hydrogen (secondary N) is 1. The molecular formula is C24H29BrN2O3. The van der Waals surface area contributed by atoms with Gasteiger partial charge in [0.15, 0.2) is 6.61 Å². The number of halogens is 1. The second-order valence-corrected chi connectivity index (χ2v) is 8.73. The molecule has 2 aromatic carbocycles. The zero-order chi connectivity index (χ0) is 21.5. The van der Waals surface area contributed by atoms with E-state index in [1.165, 1.54) is 0 Å². The van der Waals surface area contributed by atoms with E-state index >= 15 is 0 Å². The third-order valence-electron chi connectivity index (χ3n) is 5.56. The van der Waals surface area contributed by atoms with Gasteiger partial charge in [-0.1, -0.05) is 59.1 Å². The second-order valence-electron chi connectivity index (χ2n) is 7.87. The first kappa shape index (κ1) is 22.3. The molecule has 160 valence electrons. The number of hydrogen-bond acceptors (Lipinski definition) is 3. The van der Waals surface area contributed by atoms with Crippen molar-refractivity contribution in [2.24, 2.45) is 0 Å². The molecule has 0 bridgehead atoms. The molecule has 2 aromatic rings. The van der Waals surface area contributed by atoms with Crippen molar-refractivity contribution in [3.63, 3.8) is 0 Å². The average molecular weight is 473 g/mol. The lowest BCUT2D eigenvalue weighted by Crippen LogP contribution is -2.50. The summed E-state index contributed by atoms with van der Waals surface area (Å²) in [5.41, 5.74) is 2.01. The summed E-state index contributed by atoms with van der Waals surface area (Å²) in [6.45, 7) is 4.00. The van der Waals surface area contributed by atoms with Gasteiger partial charge >= 0.3 is 0 Å². The normalized spacial score (nSPS) is 14.9. The minimum atomic E-state index is -0.575. The highest BCUT2D eigenvalue weighted by Crippen LogP contribution is 2.22. The Morgan fingerprint density at radius 1 is 1.17 bits per heavy atom. The maximum Gasteiger partial charge on any atom is 0.261 e. The lowest BCUT2D eigenvalue weighted by atomic mass is 10.1. The molecule has 1 N–H and O–H groups in total. The molecule has 1 saturated carbocycles. The van der Waals surface area contributed by atoms with Crippen molar-refractivity contribution >= 4 is 27.7 Å². The molecule has 0 radical (unpaired) electrons. The number of benzene rings is 2. The van der Waals surface area contributed by atoms with Crippen molar-refractivity contribution < 1.29 is 14.3 Å². The molecular weight excluding hydrogens is 444 g/mol. The number of carbonyl (C=O) groups is 2. The number of amides is 2. The smallest absolute Gasteiger partial charge is 0.261 e. The maximum absolute atomic E-state index is 13.1. The fourth-order valence-electron chi connectivity index (χ4n) is 3.69. The minimum absolute atomic E-state index is 0.106. The summed E-state index contributed by atoms with van der Waals surface area (Å²) < 4.78 is 6.73. The van der Waals surface area contributed by atoms with Crippen LogP contribution in [0.1, 0.15) is 43.7 Å². The first-order valence-corrected chi connectivity index (χ1v) is 11.3. The Hall–Kier alpha value is -2.34. The Labute approximate surface area is 186 Å². The lowest BCUT2D eigenvalue weighted by molar-refractivity contribution is -0.142. The minimum Gasteiger partial charge on any atom is -0.484 e. The molecule has 1 atom stereocenters. The molecule has 0 aliphatic heterocycles. The van der Waals surface area contributed by atoms with Crippen LogP contribution in [0.2, 0.25) is 0 Å². The van der Waals surface area contributed by atoms with E-state index in [0.29, 0.717) is 12.3 Å². The highest BCUT2D eigenvalue weighted by atomic mass is 79.9. The Morgan fingerprint density at radius 2 is 1.87 bits per heavy atom. The first-order valence-electron chi connectivity index (χ1n) is 10.5. The molecule has 30 heavy (non-hydrogen) atoms. The van der Waals surface area contributed by atoms with Gasteiger partial charge in [0.1, 0.15) is 11.8 Å². The summed E-state index contributed by atoms with van der Waals surface area (Å²) in [7, 11) is 0. The molecule has 3 rings (SSSR count). The third-order valence-corrected chi connectivity index (χ3v) is 6.45. The number of nitrogens with zero attached hydrogens (tertiary/aromatic N) is 1. The van der Waals surface area contributed by atoms with Gasteiger partial charge in [-0.15, -0.1) is 0 Å². The van der Waals surface area contributed by atoms with Crippen molar-refractivity contribution in [1.82, 2.24) is 10.2 Å². The van der Waals surface area contributed by atoms with E-state index < -0.39 is 6.04 Å². The average Bonchev–Trinajstić information content (AvgIpc) is 3.26. The van der Waals surface area contributed by atoms with Crippen LogP contribution in [0, 0.1) is 6.92 Å². The van der Waals surface area contributed by atoms with Gasteiger partial charge in [-0.05, 0) is 56.0 Å². The third kappa shape index (κ3) is 6.08. The summed E-state index contributed by atoms with van der Waals surface area (Å²) in [6, 6.07) is 15.0. The molecule has 0 saturated heterocycles. The molecule has 2 amide bonds. The fraction of sp³-hybridized carbons (Fsp3) is 0.417. The fourth-order valence-corrected chi connectivity index (χ4v) is 3.94. The monoisotopic (exact) mass is 472 g/mol. The molecule has 6 heteroatoms. The van der Waals surface area contributed by atoms with Crippen LogP contribution in [0.4, 0.5) is 0 Å². The van der Waals surface area contributed by atoms with Crippen molar-refractivity contribution in [3.8, 4) is 5.75 Å². The number of rotatable bonds is 8. The molecule has 1 aliphatic carbocycles. The Balaban J connectivity index is 1.69. The number of hydrogen-bond donors (Lipinski definition) is 1. The Morgan fingerprint density at radius 3 is 2.53 bits per heavy atom. The quantitative estimate of drug-likeness (QED) is 0.609. The number of ether oxygens (including phenoxy) is 1. The second kappa shape index (κ2) is 10.6. The van der Waals surface area contributed by atoms with E-state index in [1.54, 1.807) is 11.8 Å². The van der Waals surface area contributed by atoms with Gasteiger partial charge < -0.3 is 15.0 Å². The van der Waals surface area contributed by atoms with Gasteiger partial charge in [0.05, 0.1) is 0 Å². The van der Waals surface area contributed by atoms with Crippen molar-refractivity contribution in [3.05, 3.63) is 64.1 Å². The summed E-state index contributed by atoms with van der Waals surface area (Å²) in [5.74, 6) is 0.311. The van der Waals surface area contributed by atoms with E-state index in [4.69, 9.17) is 4.74 Å². The summed E-state index contributed by atoms with van der Waals surface area (Å²) in [4.78, 5) is 27.5. The van der Waals surface area contributed by atoms with Crippen molar-refractivity contribution in [2.75, 3.05) is 6.61 Å². The van der Waals surface area contributed by atoms with Crippen LogP contribution < -0.4 is 10.1 Å². The van der Waals surface area contributed by atoms with Gasteiger partial charge in [0.25, 0.3) is 5.91 Å². The standard InChI is InChI=1S/C24H29BrN2O3/c1-17-14-21(12-13-22(17)25)30-16-23(28)27(15-19-8-4-3-5-9-19)18(2)24(29)26-20-10-6-7-11-20/h3-5,8-9,12-14,18,20H,6-7,10-11,15-16H2,1-2H3,(H,26,29). The van der Waals surface area contributed by atoms with Gasteiger partial charge in [-0.2, -0.15) is 0 Å². The molecule has 5 nitrogen and oxygen atoms in total. The zero-order valence-corrected chi connectivity index (χ0v) is 19.2. The van der Waals surface area contributed by atoms with Crippen LogP contribution in [-0.4, -0.2) is 35.4 Å². The molecule has 1 aliphatic rings. The van der Waals surface area contributed by atoms with E-state index in [0.717, 1.165) is 41.3 Å². The Kier molecular flexibility index (Phi) is 7.91. The largest absolute Gasteiger partial charge is 0.484 e. The van der Waals surface area contributed by atoms with Crippen molar-refractivity contribution in [1.29, 1.82) is 0 Å². The van der Waals surface area contributed by atoms with Gasteiger partial charge in [-0.25, -0.2) is 0 Å². The number of carbonyl (C=O) groups excluding carboxylic acids is 2. The number of aryl methyl sites for hydroxylation is 1. The first-order chi connectivity index (χ1) is 14.4. The van der Waals surface area contributed by atoms with Crippen LogP contribution in [0.3, 0.4) is 0 Å². The summed E-state index contributed by atoms with van der Waals surface area (Å²) >= 11 is 3.47. The van der Waals surface area contributed by atoms with Gasteiger partial charge in [-0.3, -0.25) is 9.59 Å². The van der Waals surface area contributed by atoms with Crippen LogP contribution >= 0.6 is 15.9 Å². The van der Waals surface area contributed by atoms with Crippen molar-refractivity contribution in [2.45, 2.75) is 58.2 Å². The summed E-state index contributed by atoms with van der Waals surface area (Å²) in [5, 5.41) is 3.11. The predicted molar refractivity (Wildman–Crippen MR) is 121 cm³/mol. The highest BCUT2D eigenvalue weighted by Gasteiger charge is 2.28. The van der Waals surface area contributed by atoms with E-state index in [1.807, 2.05) is 55.5 Å². The van der Waals surface area contributed by atoms with Crippen LogP contribution in [0.25, 0.3) is 0 Å². The van der Waals surface area contributed by atoms with E-state index in [9.17, 15) is 9.59 Å². The molecule has 0 aromatic heterocycles. The predicted octanol–water partition coefficient (Wildman–Crippen LogP) is 4.61. The van der Waals surface area contributed by atoms with E-state index in [-0.39, 0.29) is 24.5 Å². The highest BCUT2D eigenvalue weighted by molar-refractivity contribution is 9.10. The lowest BCUT2D eigenvalue weighted by Gasteiger charge is -2.29. The van der Waals surface area contributed by atoms with E-state index in [2.05, 4.69) is 21.2 Å². The van der Waals surface area contributed by atoms with Crippen LogP contribution in [0.5, 0.6) is 5.75 Å². The van der Waals surface area contributed by atoms with Crippen LogP contribution in [0.15, 0.2) is 53.0 Å². The Bertz CT molecular complexity index is 866. The molecule has 0 heterocycles. The molecule has 1 unspecified atom stereocenters. The van der Waals surface area contributed by atoms with Gasteiger partial charge in [0.2, 0.25) is 5.91 Å². The topological polar surface area (TPSA) is 58.6 Å².